The molecular formula is C14H18N2O3. The normalized spacial score (nSPS) is 9.63. The van der Waals surface area contributed by atoms with Crippen LogP contribution in [0.2, 0.25) is 0 Å². The van der Waals surface area contributed by atoms with E-state index in [0.29, 0.717) is 11.5 Å². The number of Topliss-reactive ketones (excluding diaryl/α,β-unsaturated/α-hetero) is 1. The first-order chi connectivity index (χ1) is 9.03. The first kappa shape index (κ1) is 14.8. The van der Waals surface area contributed by atoms with E-state index >= 15 is 0 Å². The van der Waals surface area contributed by atoms with Gasteiger partial charge in [0, 0.05) is 13.1 Å². The maximum Gasteiger partial charge on any atom is 0.166 e. The summed E-state index contributed by atoms with van der Waals surface area (Å²) < 4.78 is 10.5. The summed E-state index contributed by atoms with van der Waals surface area (Å²) in [6, 6.07) is 5.51. The average Bonchev–Trinajstić information content (AvgIpc) is 2.37. The third-order valence-electron chi connectivity index (χ3n) is 2.77. The standard InChI is InChI=1S/C14H18N2O3/c1-10-7-12(18-3)8-13(19-4)14(10)16(2)9-11(17)5-6-15/h7-8H,5,9H2,1-4H3. The number of benzene rings is 1. The van der Waals surface area contributed by atoms with Crippen molar-refractivity contribution in [2.24, 2.45) is 0 Å². The van der Waals surface area contributed by atoms with Gasteiger partial charge in [0.25, 0.3) is 0 Å². The zero-order valence-electron chi connectivity index (χ0n) is 11.7. The molecule has 1 rings (SSSR count). The second-order valence-electron chi connectivity index (χ2n) is 4.22. The van der Waals surface area contributed by atoms with Crippen molar-refractivity contribution in [3.63, 3.8) is 0 Å². The predicted octanol–water partition coefficient (Wildman–Crippen LogP) is 1.93. The number of methoxy groups -OCH3 is 2. The van der Waals surface area contributed by atoms with Gasteiger partial charge in [0.15, 0.2) is 5.78 Å². The van der Waals surface area contributed by atoms with E-state index in [9.17, 15) is 4.79 Å². The molecule has 5 heteroatoms. The molecule has 0 aliphatic carbocycles. The van der Waals surface area contributed by atoms with Crippen molar-refractivity contribution in [1.82, 2.24) is 0 Å². The smallest absolute Gasteiger partial charge is 0.166 e. The number of anilines is 1. The Labute approximate surface area is 113 Å². The van der Waals surface area contributed by atoms with Gasteiger partial charge in [-0.2, -0.15) is 5.26 Å². The SMILES string of the molecule is COc1cc(C)c(N(C)CC(=O)CC#N)c(OC)c1. The number of carbonyl (C=O) groups excluding carboxylic acids is 1. The number of aryl methyl sites for hydroxylation is 1. The highest BCUT2D eigenvalue weighted by molar-refractivity contribution is 5.86. The minimum Gasteiger partial charge on any atom is -0.497 e. The molecule has 0 aliphatic rings. The number of likely N-dealkylation sites (N-methyl/N-ethyl adjacent to an activating group) is 1. The van der Waals surface area contributed by atoms with Crippen molar-refractivity contribution in [1.29, 1.82) is 5.26 Å². The average molecular weight is 262 g/mol. The Balaban J connectivity index is 3.05. The molecule has 0 heterocycles. The Hall–Kier alpha value is -2.22. The van der Waals surface area contributed by atoms with Crippen molar-refractivity contribution in [2.45, 2.75) is 13.3 Å². The van der Waals surface area contributed by atoms with Gasteiger partial charge in [-0.05, 0) is 18.6 Å². The fraction of sp³-hybridized carbons (Fsp3) is 0.429. The summed E-state index contributed by atoms with van der Waals surface area (Å²) in [6.45, 7) is 2.10. The summed E-state index contributed by atoms with van der Waals surface area (Å²) >= 11 is 0. The Morgan fingerprint density at radius 3 is 2.58 bits per heavy atom. The molecule has 0 unspecified atom stereocenters. The van der Waals surface area contributed by atoms with Gasteiger partial charge in [-0.25, -0.2) is 0 Å². The monoisotopic (exact) mass is 262 g/mol. The van der Waals surface area contributed by atoms with Crippen LogP contribution in [0.4, 0.5) is 5.69 Å². The van der Waals surface area contributed by atoms with E-state index in [1.807, 2.05) is 19.1 Å². The van der Waals surface area contributed by atoms with Crippen molar-refractivity contribution in [3.8, 4) is 17.6 Å². The molecule has 0 amide bonds. The fourth-order valence-electron chi connectivity index (χ4n) is 1.97. The van der Waals surface area contributed by atoms with Crippen LogP contribution >= 0.6 is 0 Å². The molecule has 0 radical (unpaired) electrons. The molecular weight excluding hydrogens is 244 g/mol. The first-order valence-corrected chi connectivity index (χ1v) is 5.85. The lowest BCUT2D eigenvalue weighted by Crippen LogP contribution is -2.26. The van der Waals surface area contributed by atoms with Crippen LogP contribution in [0.1, 0.15) is 12.0 Å². The summed E-state index contributed by atoms with van der Waals surface area (Å²) in [6.07, 6.45) is -0.0815. The molecule has 102 valence electrons. The second kappa shape index (κ2) is 6.64. The molecule has 0 atom stereocenters. The van der Waals surface area contributed by atoms with Gasteiger partial charge in [0.05, 0.1) is 38.9 Å². The van der Waals surface area contributed by atoms with Gasteiger partial charge in [-0.3, -0.25) is 4.79 Å². The largest absolute Gasteiger partial charge is 0.497 e. The van der Waals surface area contributed by atoms with E-state index in [1.54, 1.807) is 32.2 Å². The van der Waals surface area contributed by atoms with Gasteiger partial charge in [0.1, 0.15) is 11.5 Å². The number of nitriles is 1. The van der Waals surface area contributed by atoms with Crippen LogP contribution in [0.5, 0.6) is 11.5 Å². The summed E-state index contributed by atoms with van der Waals surface area (Å²) in [5.74, 6) is 1.22. The van der Waals surface area contributed by atoms with E-state index in [-0.39, 0.29) is 18.7 Å². The third kappa shape index (κ3) is 3.62. The Kier molecular flexibility index (Phi) is 5.19. The van der Waals surface area contributed by atoms with E-state index in [4.69, 9.17) is 14.7 Å². The highest BCUT2D eigenvalue weighted by Crippen LogP contribution is 2.35. The summed E-state index contributed by atoms with van der Waals surface area (Å²) in [5, 5.41) is 8.51. The Bertz CT molecular complexity index is 506. The molecule has 0 aliphatic heterocycles. The quantitative estimate of drug-likeness (QED) is 0.784. The number of rotatable bonds is 6. The van der Waals surface area contributed by atoms with Gasteiger partial charge in [-0.15, -0.1) is 0 Å². The van der Waals surface area contributed by atoms with E-state index in [0.717, 1.165) is 11.3 Å². The Morgan fingerprint density at radius 1 is 1.37 bits per heavy atom. The minimum atomic E-state index is -0.123. The first-order valence-electron chi connectivity index (χ1n) is 5.85. The van der Waals surface area contributed by atoms with Gasteiger partial charge < -0.3 is 14.4 Å². The van der Waals surface area contributed by atoms with Crippen molar-refractivity contribution >= 4 is 11.5 Å². The summed E-state index contributed by atoms with van der Waals surface area (Å²) in [5.41, 5.74) is 1.78. The number of hydrogen-bond donors (Lipinski definition) is 0. The summed E-state index contributed by atoms with van der Waals surface area (Å²) in [7, 11) is 4.96. The molecule has 0 saturated heterocycles. The van der Waals surface area contributed by atoms with Crippen molar-refractivity contribution in [2.75, 3.05) is 32.7 Å². The maximum absolute atomic E-state index is 11.5. The van der Waals surface area contributed by atoms with Crippen LogP contribution < -0.4 is 14.4 Å². The lowest BCUT2D eigenvalue weighted by molar-refractivity contribution is -0.116. The van der Waals surface area contributed by atoms with Crippen LogP contribution in [0.15, 0.2) is 12.1 Å². The highest BCUT2D eigenvalue weighted by atomic mass is 16.5. The molecule has 0 aromatic heterocycles. The molecule has 0 saturated carbocycles. The second-order valence-corrected chi connectivity index (χ2v) is 4.22. The Morgan fingerprint density at radius 2 is 2.05 bits per heavy atom. The predicted molar refractivity (Wildman–Crippen MR) is 72.8 cm³/mol. The van der Waals surface area contributed by atoms with Crippen molar-refractivity contribution in [3.05, 3.63) is 17.7 Å². The third-order valence-corrected chi connectivity index (χ3v) is 2.77. The van der Waals surface area contributed by atoms with E-state index in [1.165, 1.54) is 0 Å². The van der Waals surface area contributed by atoms with Gasteiger partial charge in [-0.1, -0.05) is 0 Å². The number of ether oxygens (including phenoxy) is 2. The lowest BCUT2D eigenvalue weighted by atomic mass is 10.1. The fourth-order valence-corrected chi connectivity index (χ4v) is 1.97. The van der Waals surface area contributed by atoms with Crippen LogP contribution in [-0.2, 0) is 4.79 Å². The van der Waals surface area contributed by atoms with Gasteiger partial charge >= 0.3 is 0 Å². The lowest BCUT2D eigenvalue weighted by Gasteiger charge is -2.23. The van der Waals surface area contributed by atoms with Crippen LogP contribution in [-0.4, -0.2) is 33.6 Å². The van der Waals surface area contributed by atoms with E-state index < -0.39 is 0 Å². The topological polar surface area (TPSA) is 62.6 Å². The molecule has 1 aromatic rings. The zero-order chi connectivity index (χ0) is 14.4. The van der Waals surface area contributed by atoms with Crippen LogP contribution in [0.25, 0.3) is 0 Å². The molecule has 0 N–H and O–H groups in total. The van der Waals surface area contributed by atoms with E-state index in [2.05, 4.69) is 0 Å². The molecule has 0 bridgehead atoms. The van der Waals surface area contributed by atoms with Gasteiger partial charge in [0.2, 0.25) is 0 Å². The molecule has 19 heavy (non-hydrogen) atoms. The molecule has 5 nitrogen and oxygen atoms in total. The summed E-state index contributed by atoms with van der Waals surface area (Å²) in [4.78, 5) is 13.3. The molecule has 0 spiro atoms. The minimum absolute atomic E-state index is 0.0815. The zero-order valence-corrected chi connectivity index (χ0v) is 11.7. The number of carbonyl (C=O) groups is 1. The maximum atomic E-state index is 11.5. The molecule has 0 fully saturated rings. The van der Waals surface area contributed by atoms with Crippen LogP contribution in [0.3, 0.4) is 0 Å². The van der Waals surface area contributed by atoms with Crippen LogP contribution in [0, 0.1) is 18.3 Å². The molecule has 1 aromatic carbocycles. The number of hydrogen-bond acceptors (Lipinski definition) is 5. The number of nitrogens with zero attached hydrogens (tertiary/aromatic N) is 2. The number of ketones is 1. The highest BCUT2D eigenvalue weighted by Gasteiger charge is 2.15. The van der Waals surface area contributed by atoms with Crippen molar-refractivity contribution < 1.29 is 14.3 Å².